The van der Waals surface area contributed by atoms with Crippen molar-refractivity contribution in [1.29, 1.82) is 0 Å². The predicted octanol–water partition coefficient (Wildman–Crippen LogP) is 3.65. The molecule has 42 heavy (non-hydrogen) atoms. The maximum absolute atomic E-state index is 13.5. The van der Waals surface area contributed by atoms with E-state index in [2.05, 4.69) is 10.6 Å². The van der Waals surface area contributed by atoms with Gasteiger partial charge in [0.25, 0.3) is 5.91 Å². The van der Waals surface area contributed by atoms with E-state index in [-0.39, 0.29) is 24.6 Å². The number of carbonyl (C=O) groups is 4. The summed E-state index contributed by atoms with van der Waals surface area (Å²) < 4.78 is 0. The zero-order valence-corrected chi connectivity index (χ0v) is 23.5. The number of amides is 3. The van der Waals surface area contributed by atoms with E-state index in [0.29, 0.717) is 36.2 Å². The van der Waals surface area contributed by atoms with Crippen LogP contribution in [0.1, 0.15) is 48.4 Å². The second kappa shape index (κ2) is 14.2. The first-order valence-corrected chi connectivity index (χ1v) is 13.9. The number of benzene rings is 3. The molecule has 0 unspecified atom stereocenters. The molecule has 9 nitrogen and oxygen atoms in total. The van der Waals surface area contributed by atoms with Crippen LogP contribution in [0.4, 0.5) is 0 Å². The van der Waals surface area contributed by atoms with E-state index >= 15 is 0 Å². The van der Waals surface area contributed by atoms with Crippen LogP contribution in [0.15, 0.2) is 78.5 Å². The van der Waals surface area contributed by atoms with Gasteiger partial charge in [0.15, 0.2) is 0 Å². The highest BCUT2D eigenvalue weighted by molar-refractivity contribution is 6.02. The predicted molar refractivity (Wildman–Crippen MR) is 159 cm³/mol. The van der Waals surface area contributed by atoms with Crippen molar-refractivity contribution in [1.82, 2.24) is 15.5 Å². The maximum Gasteiger partial charge on any atom is 0.307 e. The lowest BCUT2D eigenvalue weighted by Gasteiger charge is -2.25. The van der Waals surface area contributed by atoms with Gasteiger partial charge in [-0.25, -0.2) is 0 Å². The van der Waals surface area contributed by atoms with Gasteiger partial charge in [-0.3, -0.25) is 19.2 Å². The van der Waals surface area contributed by atoms with Crippen molar-refractivity contribution in [2.75, 3.05) is 6.54 Å². The van der Waals surface area contributed by atoms with Gasteiger partial charge in [0, 0.05) is 20.0 Å². The molecular weight excluding hydrogens is 534 g/mol. The van der Waals surface area contributed by atoms with Crippen LogP contribution in [0, 0.1) is 0 Å². The molecule has 9 heteroatoms. The lowest BCUT2D eigenvalue weighted by molar-refractivity contribution is -0.136. The van der Waals surface area contributed by atoms with E-state index in [4.69, 9.17) is 5.11 Å². The van der Waals surface area contributed by atoms with Crippen LogP contribution in [-0.4, -0.2) is 51.4 Å². The van der Waals surface area contributed by atoms with E-state index in [0.717, 1.165) is 29.5 Å². The highest BCUT2D eigenvalue weighted by Gasteiger charge is 2.29. The lowest BCUT2D eigenvalue weighted by Crippen LogP contribution is -2.48. The quantitative estimate of drug-likeness (QED) is 0.275. The number of rotatable bonds is 10. The van der Waals surface area contributed by atoms with Crippen molar-refractivity contribution in [2.45, 2.75) is 51.8 Å². The van der Waals surface area contributed by atoms with E-state index in [9.17, 15) is 24.3 Å². The molecule has 3 aromatic carbocycles. The first-order chi connectivity index (χ1) is 20.2. The van der Waals surface area contributed by atoms with Gasteiger partial charge < -0.3 is 25.7 Å². The fourth-order valence-corrected chi connectivity index (χ4v) is 5.02. The highest BCUT2D eigenvalue weighted by atomic mass is 16.4. The number of hydrogen-bond acceptors (Lipinski definition) is 5. The Morgan fingerprint density at radius 1 is 0.952 bits per heavy atom. The number of carboxylic acid groups (broad SMARTS) is 1. The standard InChI is InChI=1S/C33H35N3O6/c1-22(38)34-30(18-24-12-15-27(19-31(39)40)28(17-24)21-37)32(41)35-29-9-5-6-16-36(33(29)42)20-23-10-13-26(14-11-23)25-7-3-2-4-8-25/h2-4,7-8,10-15,17-18,29,37H,5-6,9,16,19-21H2,1H3,(H,34,38)(H,35,41)(H,39,40)/b30-18-/t29-/m0/s1. The molecule has 0 aliphatic carbocycles. The van der Waals surface area contributed by atoms with Gasteiger partial charge in [0.1, 0.15) is 11.7 Å². The molecule has 1 aliphatic rings. The van der Waals surface area contributed by atoms with Gasteiger partial charge in [-0.15, -0.1) is 0 Å². The number of likely N-dealkylation sites (tertiary alicyclic amines) is 1. The molecule has 0 aromatic heterocycles. The number of nitrogens with one attached hydrogen (secondary N) is 2. The molecule has 4 rings (SSSR count). The fraction of sp³-hybridized carbons (Fsp3) is 0.273. The summed E-state index contributed by atoms with van der Waals surface area (Å²) in [6.45, 7) is 1.89. The molecule has 1 saturated heterocycles. The van der Waals surface area contributed by atoms with Crippen molar-refractivity contribution in [2.24, 2.45) is 0 Å². The topological polar surface area (TPSA) is 136 Å². The van der Waals surface area contributed by atoms with Crippen molar-refractivity contribution >= 4 is 29.8 Å². The zero-order chi connectivity index (χ0) is 30.1. The van der Waals surface area contributed by atoms with Crippen molar-refractivity contribution in [3.05, 3.63) is 101 Å². The summed E-state index contributed by atoms with van der Waals surface area (Å²) in [6.07, 6.45) is 3.22. The number of nitrogens with zero attached hydrogens (tertiary/aromatic N) is 1. The molecule has 4 N–H and O–H groups in total. The summed E-state index contributed by atoms with van der Waals surface area (Å²) in [5.74, 6) is -2.29. The van der Waals surface area contributed by atoms with Gasteiger partial charge in [-0.05, 0) is 64.8 Å². The van der Waals surface area contributed by atoms with Crippen LogP contribution in [0.5, 0.6) is 0 Å². The molecule has 3 amide bonds. The van der Waals surface area contributed by atoms with Gasteiger partial charge in [0.2, 0.25) is 11.8 Å². The number of carboxylic acids is 1. The molecule has 0 bridgehead atoms. The zero-order valence-electron chi connectivity index (χ0n) is 23.5. The van der Waals surface area contributed by atoms with Crippen molar-refractivity contribution in [3.63, 3.8) is 0 Å². The number of carbonyl (C=O) groups excluding carboxylic acids is 3. The van der Waals surface area contributed by atoms with Crippen LogP contribution >= 0.6 is 0 Å². The summed E-state index contributed by atoms with van der Waals surface area (Å²) in [4.78, 5) is 51.6. The second-order valence-electron chi connectivity index (χ2n) is 10.3. The molecule has 218 valence electrons. The van der Waals surface area contributed by atoms with Gasteiger partial charge in [0.05, 0.1) is 13.0 Å². The molecule has 1 fully saturated rings. The van der Waals surface area contributed by atoms with Crippen LogP contribution in [0.3, 0.4) is 0 Å². The Labute approximate surface area is 244 Å². The van der Waals surface area contributed by atoms with Crippen molar-refractivity contribution < 1.29 is 29.4 Å². The molecule has 0 radical (unpaired) electrons. The monoisotopic (exact) mass is 569 g/mol. The van der Waals surface area contributed by atoms with Crippen LogP contribution in [0.2, 0.25) is 0 Å². The fourth-order valence-electron chi connectivity index (χ4n) is 5.02. The molecule has 0 spiro atoms. The normalized spacial score (nSPS) is 15.6. The summed E-state index contributed by atoms with van der Waals surface area (Å²) in [6, 6.07) is 22.1. The number of aliphatic hydroxyl groups excluding tert-OH is 1. The number of aliphatic carboxylic acids is 1. The summed E-state index contributed by atoms with van der Waals surface area (Å²) in [7, 11) is 0. The SMILES string of the molecule is CC(=O)N/C(=C\c1ccc(CC(=O)O)c(CO)c1)C(=O)N[C@H]1CCCCN(Cc2ccc(-c3ccccc3)cc2)C1=O. The smallest absolute Gasteiger partial charge is 0.307 e. The Bertz CT molecular complexity index is 1470. The third-order valence-electron chi connectivity index (χ3n) is 7.13. The largest absolute Gasteiger partial charge is 0.481 e. The third kappa shape index (κ3) is 8.14. The van der Waals surface area contributed by atoms with Crippen LogP contribution < -0.4 is 10.6 Å². The Morgan fingerprint density at radius 2 is 1.67 bits per heavy atom. The third-order valence-corrected chi connectivity index (χ3v) is 7.13. The summed E-state index contributed by atoms with van der Waals surface area (Å²) >= 11 is 0. The maximum atomic E-state index is 13.5. The van der Waals surface area contributed by atoms with E-state index in [1.807, 2.05) is 54.6 Å². The minimum absolute atomic E-state index is 0.0579. The minimum Gasteiger partial charge on any atom is -0.481 e. The summed E-state index contributed by atoms with van der Waals surface area (Å²) in [5.41, 5.74) is 4.47. The van der Waals surface area contributed by atoms with Gasteiger partial charge >= 0.3 is 5.97 Å². The molecule has 1 heterocycles. The van der Waals surface area contributed by atoms with Crippen LogP contribution in [0.25, 0.3) is 17.2 Å². The average molecular weight is 570 g/mol. The Morgan fingerprint density at radius 3 is 2.33 bits per heavy atom. The van der Waals surface area contributed by atoms with Crippen molar-refractivity contribution in [3.8, 4) is 11.1 Å². The van der Waals surface area contributed by atoms with Gasteiger partial charge in [-0.2, -0.15) is 0 Å². The highest BCUT2D eigenvalue weighted by Crippen LogP contribution is 2.22. The Hall–Kier alpha value is -4.76. The molecule has 1 aliphatic heterocycles. The first kappa shape index (κ1) is 30.2. The van der Waals surface area contributed by atoms with E-state index < -0.39 is 23.8 Å². The Balaban J connectivity index is 1.48. The second-order valence-corrected chi connectivity index (χ2v) is 10.3. The molecule has 0 saturated carbocycles. The van der Waals surface area contributed by atoms with Gasteiger partial charge in [-0.1, -0.05) is 66.7 Å². The molecule has 3 aromatic rings. The Kier molecular flexibility index (Phi) is 10.2. The lowest BCUT2D eigenvalue weighted by atomic mass is 10.0. The minimum atomic E-state index is -1.03. The molecule has 1 atom stereocenters. The first-order valence-electron chi connectivity index (χ1n) is 13.9. The van der Waals surface area contributed by atoms with E-state index in [1.165, 1.54) is 13.0 Å². The van der Waals surface area contributed by atoms with E-state index in [1.54, 1.807) is 23.1 Å². The van der Waals surface area contributed by atoms with Crippen LogP contribution in [-0.2, 0) is 38.8 Å². The number of hydrogen-bond donors (Lipinski definition) is 4. The summed E-state index contributed by atoms with van der Waals surface area (Å²) in [5, 5.41) is 24.1. The average Bonchev–Trinajstić information content (AvgIpc) is 3.14. The molecular formula is C33H35N3O6. The number of aliphatic hydroxyl groups is 1.